The normalized spacial score (nSPS) is 46.6. The maximum Gasteiger partial charge on any atom is 0.160 e. The lowest BCUT2D eigenvalue weighted by Gasteiger charge is -2.44. The van der Waals surface area contributed by atoms with Crippen LogP contribution in [0.25, 0.3) is 0 Å². The van der Waals surface area contributed by atoms with Gasteiger partial charge in [-0.1, -0.05) is 0 Å². The van der Waals surface area contributed by atoms with Crippen molar-refractivity contribution in [2.45, 2.75) is 57.0 Å². The summed E-state index contributed by atoms with van der Waals surface area (Å²) in [6.45, 7) is 2.21. The van der Waals surface area contributed by atoms with Gasteiger partial charge in [0.1, 0.15) is 0 Å². The van der Waals surface area contributed by atoms with Crippen molar-refractivity contribution in [1.29, 1.82) is 0 Å². The third-order valence-corrected chi connectivity index (χ3v) is 3.70. The zero-order valence-corrected chi connectivity index (χ0v) is 10.3. The zero-order valence-electron chi connectivity index (χ0n) is 10.3. The highest BCUT2D eigenvalue weighted by atomic mass is 19.2. The van der Waals surface area contributed by atoms with Crippen molar-refractivity contribution in [3.05, 3.63) is 0 Å². The van der Waals surface area contributed by atoms with Crippen LogP contribution in [0.3, 0.4) is 0 Å². The third kappa shape index (κ3) is 2.61. The molecule has 0 radical (unpaired) electrons. The number of methoxy groups -OCH3 is 1. The van der Waals surface area contributed by atoms with Crippen LogP contribution in [0.2, 0.25) is 0 Å². The smallest absolute Gasteiger partial charge is 0.160 e. The summed E-state index contributed by atoms with van der Waals surface area (Å²) < 4.78 is 43.5. The van der Waals surface area contributed by atoms with Crippen LogP contribution in [-0.4, -0.2) is 44.6 Å². The Kier molecular flexibility index (Phi) is 4.33. The number of fused-ring (bicyclic) bond motifs is 1. The van der Waals surface area contributed by atoms with Crippen LogP contribution in [0.15, 0.2) is 0 Å². The Morgan fingerprint density at radius 3 is 2.65 bits per heavy atom. The summed E-state index contributed by atoms with van der Waals surface area (Å²) in [5.74, 6) is 0.0416. The predicted molar refractivity (Wildman–Crippen MR) is 58.2 cm³/mol. The second kappa shape index (κ2) is 5.59. The minimum absolute atomic E-state index is 0.0416. The maximum absolute atomic E-state index is 14.0. The molecule has 1 heterocycles. The van der Waals surface area contributed by atoms with E-state index in [4.69, 9.17) is 14.2 Å². The summed E-state index contributed by atoms with van der Waals surface area (Å²) in [6, 6.07) is 0. The van der Waals surface area contributed by atoms with Crippen molar-refractivity contribution >= 4 is 0 Å². The molecule has 2 rings (SSSR count). The molecule has 6 atom stereocenters. The van der Waals surface area contributed by atoms with Crippen molar-refractivity contribution in [2.24, 2.45) is 5.92 Å². The molecule has 17 heavy (non-hydrogen) atoms. The van der Waals surface area contributed by atoms with Gasteiger partial charge in [0, 0.05) is 13.7 Å². The van der Waals surface area contributed by atoms with Gasteiger partial charge >= 0.3 is 0 Å². The van der Waals surface area contributed by atoms with E-state index in [9.17, 15) is 8.78 Å². The van der Waals surface area contributed by atoms with E-state index in [1.807, 2.05) is 0 Å². The molecule has 0 amide bonds. The fraction of sp³-hybridized carbons (Fsp3) is 1.00. The monoisotopic (exact) mass is 250 g/mol. The van der Waals surface area contributed by atoms with Gasteiger partial charge in [-0.3, -0.25) is 0 Å². The van der Waals surface area contributed by atoms with Crippen molar-refractivity contribution < 1.29 is 23.0 Å². The lowest BCUT2D eigenvalue weighted by atomic mass is 9.78. The van der Waals surface area contributed by atoms with E-state index in [2.05, 4.69) is 0 Å². The van der Waals surface area contributed by atoms with Gasteiger partial charge in [0.05, 0.1) is 12.2 Å². The van der Waals surface area contributed by atoms with Gasteiger partial charge in [0.25, 0.3) is 0 Å². The standard InChI is InChI=1S/C12H20F2O3/c1-3-16-8-6-7-4-5-9(15-2)17-12(7)11(14)10(8)13/h7-12H,3-6H2,1-2H3. The van der Waals surface area contributed by atoms with Gasteiger partial charge in [0.2, 0.25) is 0 Å². The largest absolute Gasteiger partial charge is 0.375 e. The predicted octanol–water partition coefficient (Wildman–Crippen LogP) is 2.24. The SMILES string of the molecule is CCOC1CC2CCC(OC)OC2C(F)C1F. The molecule has 0 N–H and O–H groups in total. The molecule has 1 saturated carbocycles. The molecule has 1 saturated heterocycles. The highest BCUT2D eigenvalue weighted by Gasteiger charge is 2.49. The number of halogens is 2. The van der Waals surface area contributed by atoms with Crippen LogP contribution in [0.1, 0.15) is 26.2 Å². The highest BCUT2D eigenvalue weighted by molar-refractivity contribution is 4.96. The summed E-state index contributed by atoms with van der Waals surface area (Å²) >= 11 is 0. The molecular formula is C12H20F2O3. The minimum Gasteiger partial charge on any atom is -0.375 e. The first-order chi connectivity index (χ1) is 8.17. The first-order valence-electron chi connectivity index (χ1n) is 6.25. The van der Waals surface area contributed by atoms with E-state index in [1.165, 1.54) is 7.11 Å². The number of alkyl halides is 2. The quantitative estimate of drug-likeness (QED) is 0.769. The molecule has 2 aliphatic rings. The first-order valence-corrected chi connectivity index (χ1v) is 6.25. The fourth-order valence-electron chi connectivity index (χ4n) is 2.82. The highest BCUT2D eigenvalue weighted by Crippen LogP contribution is 2.39. The van der Waals surface area contributed by atoms with Gasteiger partial charge in [-0.25, -0.2) is 8.78 Å². The average Bonchev–Trinajstić information content (AvgIpc) is 2.35. The van der Waals surface area contributed by atoms with E-state index in [-0.39, 0.29) is 5.92 Å². The average molecular weight is 250 g/mol. The summed E-state index contributed by atoms with van der Waals surface area (Å²) in [5.41, 5.74) is 0. The van der Waals surface area contributed by atoms with Crippen LogP contribution in [0.4, 0.5) is 8.78 Å². The Labute approximate surface area is 100 Å². The maximum atomic E-state index is 14.0. The second-order valence-corrected chi connectivity index (χ2v) is 4.72. The van der Waals surface area contributed by atoms with Crippen LogP contribution in [-0.2, 0) is 14.2 Å². The Balaban J connectivity index is 2.02. The summed E-state index contributed by atoms with van der Waals surface area (Å²) in [4.78, 5) is 0. The lowest BCUT2D eigenvalue weighted by Crippen LogP contribution is -2.54. The van der Waals surface area contributed by atoms with Crippen molar-refractivity contribution in [2.75, 3.05) is 13.7 Å². The van der Waals surface area contributed by atoms with E-state index in [0.717, 1.165) is 12.8 Å². The van der Waals surface area contributed by atoms with Gasteiger partial charge in [-0.15, -0.1) is 0 Å². The third-order valence-electron chi connectivity index (χ3n) is 3.70. The second-order valence-electron chi connectivity index (χ2n) is 4.72. The zero-order chi connectivity index (χ0) is 12.4. The molecule has 3 nitrogen and oxygen atoms in total. The molecule has 6 unspecified atom stereocenters. The van der Waals surface area contributed by atoms with Crippen LogP contribution < -0.4 is 0 Å². The van der Waals surface area contributed by atoms with Gasteiger partial charge < -0.3 is 14.2 Å². The molecule has 0 aromatic heterocycles. The first kappa shape index (κ1) is 13.2. The Morgan fingerprint density at radius 1 is 1.24 bits per heavy atom. The molecule has 0 aromatic rings. The van der Waals surface area contributed by atoms with Crippen molar-refractivity contribution in [3.8, 4) is 0 Å². The minimum atomic E-state index is -1.61. The summed E-state index contributed by atoms with van der Waals surface area (Å²) in [6.07, 6.45) is -2.82. The van der Waals surface area contributed by atoms with Crippen molar-refractivity contribution in [3.63, 3.8) is 0 Å². The Hall–Kier alpha value is -0.260. The van der Waals surface area contributed by atoms with E-state index >= 15 is 0 Å². The van der Waals surface area contributed by atoms with E-state index in [1.54, 1.807) is 6.92 Å². The van der Waals surface area contributed by atoms with Crippen LogP contribution >= 0.6 is 0 Å². The van der Waals surface area contributed by atoms with Gasteiger partial charge in [-0.2, -0.15) is 0 Å². The van der Waals surface area contributed by atoms with E-state index in [0.29, 0.717) is 13.0 Å². The van der Waals surface area contributed by atoms with Gasteiger partial charge in [0.15, 0.2) is 18.6 Å². The summed E-state index contributed by atoms with van der Waals surface area (Å²) in [5, 5.41) is 0. The molecule has 0 spiro atoms. The summed E-state index contributed by atoms with van der Waals surface area (Å²) in [7, 11) is 1.52. The van der Waals surface area contributed by atoms with Crippen LogP contribution in [0, 0.1) is 5.92 Å². The molecule has 100 valence electrons. The Morgan fingerprint density at radius 2 is 2.00 bits per heavy atom. The molecule has 5 heteroatoms. The molecule has 0 aromatic carbocycles. The van der Waals surface area contributed by atoms with E-state index < -0.39 is 30.8 Å². The molecule has 2 fully saturated rings. The Bertz CT molecular complexity index is 250. The molecular weight excluding hydrogens is 230 g/mol. The number of ether oxygens (including phenoxy) is 3. The molecule has 1 aliphatic carbocycles. The molecule has 0 bridgehead atoms. The number of hydrogen-bond donors (Lipinski definition) is 0. The lowest BCUT2D eigenvalue weighted by molar-refractivity contribution is -0.242. The van der Waals surface area contributed by atoms with Crippen LogP contribution in [0.5, 0.6) is 0 Å². The topological polar surface area (TPSA) is 27.7 Å². The number of hydrogen-bond acceptors (Lipinski definition) is 3. The molecule has 1 aliphatic heterocycles. The fourth-order valence-corrected chi connectivity index (χ4v) is 2.82. The van der Waals surface area contributed by atoms with Gasteiger partial charge in [-0.05, 0) is 32.1 Å². The number of rotatable bonds is 3. The van der Waals surface area contributed by atoms with Crippen molar-refractivity contribution in [1.82, 2.24) is 0 Å².